The molecule has 1 aromatic carbocycles. The summed E-state index contributed by atoms with van der Waals surface area (Å²) in [5.74, 6) is 1.34. The molecule has 1 heterocycles. The van der Waals surface area contributed by atoms with E-state index in [1.165, 1.54) is 5.56 Å². The molecule has 2 aromatic rings. The second kappa shape index (κ2) is 6.17. The Kier molecular flexibility index (Phi) is 4.56. The number of pyridine rings is 1. The van der Waals surface area contributed by atoms with Crippen LogP contribution in [0.25, 0.3) is 0 Å². The molecule has 100 valence electrons. The van der Waals surface area contributed by atoms with E-state index in [1.807, 2.05) is 44.2 Å². The van der Waals surface area contributed by atoms with Gasteiger partial charge in [-0.05, 0) is 59.5 Å². The normalized spacial score (nSPS) is 12.2. The maximum Gasteiger partial charge on any atom is 0.219 e. The van der Waals surface area contributed by atoms with Crippen LogP contribution in [0.2, 0.25) is 0 Å². The second-order valence-electron chi connectivity index (χ2n) is 4.72. The molecule has 1 aromatic heterocycles. The standard InChI is InChI=1S/C15H17BrN2O/c1-10-3-5-14(13(16)7-10)19-15-6-4-12(9-18-15)8-11(2)17/h3-7,9,11H,8,17H2,1-2H3. The lowest BCUT2D eigenvalue weighted by molar-refractivity contribution is 0.459. The molecule has 4 heteroatoms. The van der Waals surface area contributed by atoms with Crippen molar-refractivity contribution in [2.45, 2.75) is 26.3 Å². The van der Waals surface area contributed by atoms with E-state index in [2.05, 4.69) is 20.9 Å². The van der Waals surface area contributed by atoms with Crippen LogP contribution in [0.1, 0.15) is 18.1 Å². The van der Waals surface area contributed by atoms with Crippen molar-refractivity contribution in [3.8, 4) is 11.6 Å². The molecule has 0 amide bonds. The summed E-state index contributed by atoms with van der Waals surface area (Å²) in [5.41, 5.74) is 8.05. The van der Waals surface area contributed by atoms with Crippen molar-refractivity contribution in [2.24, 2.45) is 5.73 Å². The highest BCUT2D eigenvalue weighted by Crippen LogP contribution is 2.29. The van der Waals surface area contributed by atoms with Crippen LogP contribution in [-0.2, 0) is 6.42 Å². The number of nitrogens with two attached hydrogens (primary N) is 1. The van der Waals surface area contributed by atoms with Gasteiger partial charge in [-0.3, -0.25) is 0 Å². The van der Waals surface area contributed by atoms with Gasteiger partial charge in [0.15, 0.2) is 0 Å². The van der Waals surface area contributed by atoms with Gasteiger partial charge in [-0.15, -0.1) is 0 Å². The number of hydrogen-bond acceptors (Lipinski definition) is 3. The highest BCUT2D eigenvalue weighted by molar-refractivity contribution is 9.10. The molecule has 2 N–H and O–H groups in total. The average Bonchev–Trinajstić information content (AvgIpc) is 2.34. The van der Waals surface area contributed by atoms with Gasteiger partial charge in [-0.25, -0.2) is 4.98 Å². The summed E-state index contributed by atoms with van der Waals surface area (Å²) in [5, 5.41) is 0. The largest absolute Gasteiger partial charge is 0.438 e. The van der Waals surface area contributed by atoms with Crippen LogP contribution in [0.3, 0.4) is 0 Å². The van der Waals surface area contributed by atoms with Crippen molar-refractivity contribution in [3.63, 3.8) is 0 Å². The van der Waals surface area contributed by atoms with Crippen molar-refractivity contribution in [2.75, 3.05) is 0 Å². The van der Waals surface area contributed by atoms with E-state index in [4.69, 9.17) is 10.5 Å². The summed E-state index contributed by atoms with van der Waals surface area (Å²) in [4.78, 5) is 4.29. The highest BCUT2D eigenvalue weighted by atomic mass is 79.9. The zero-order valence-electron chi connectivity index (χ0n) is 11.1. The first-order valence-corrected chi connectivity index (χ1v) is 6.98. The van der Waals surface area contributed by atoms with E-state index in [0.717, 1.165) is 22.2 Å². The van der Waals surface area contributed by atoms with Gasteiger partial charge in [0.2, 0.25) is 5.88 Å². The minimum absolute atomic E-state index is 0.139. The Morgan fingerprint density at radius 1 is 1.32 bits per heavy atom. The van der Waals surface area contributed by atoms with Gasteiger partial charge in [-0.1, -0.05) is 12.1 Å². The van der Waals surface area contributed by atoms with Crippen molar-refractivity contribution >= 4 is 15.9 Å². The zero-order chi connectivity index (χ0) is 13.8. The molecule has 0 aliphatic carbocycles. The SMILES string of the molecule is Cc1ccc(Oc2ccc(CC(C)N)cn2)c(Br)c1. The molecular weight excluding hydrogens is 304 g/mol. The summed E-state index contributed by atoms with van der Waals surface area (Å²) in [7, 11) is 0. The number of rotatable bonds is 4. The fraction of sp³-hybridized carbons (Fsp3) is 0.267. The average molecular weight is 321 g/mol. The van der Waals surface area contributed by atoms with Gasteiger partial charge in [0.05, 0.1) is 4.47 Å². The van der Waals surface area contributed by atoms with Gasteiger partial charge in [0.25, 0.3) is 0 Å². The molecule has 0 bridgehead atoms. The van der Waals surface area contributed by atoms with Gasteiger partial charge in [0.1, 0.15) is 5.75 Å². The number of halogens is 1. The topological polar surface area (TPSA) is 48.1 Å². The van der Waals surface area contributed by atoms with Crippen LogP contribution in [0.15, 0.2) is 41.0 Å². The smallest absolute Gasteiger partial charge is 0.219 e. The van der Waals surface area contributed by atoms with E-state index in [9.17, 15) is 0 Å². The first-order chi connectivity index (χ1) is 9.04. The molecule has 3 nitrogen and oxygen atoms in total. The molecule has 1 atom stereocenters. The summed E-state index contributed by atoms with van der Waals surface area (Å²) in [6.45, 7) is 4.02. The summed E-state index contributed by atoms with van der Waals surface area (Å²) in [6.07, 6.45) is 2.63. The maximum absolute atomic E-state index is 5.75. The molecule has 0 fully saturated rings. The van der Waals surface area contributed by atoms with Crippen molar-refractivity contribution in [1.82, 2.24) is 4.98 Å². The second-order valence-corrected chi connectivity index (χ2v) is 5.58. The molecule has 0 saturated heterocycles. The van der Waals surface area contributed by atoms with E-state index in [-0.39, 0.29) is 6.04 Å². The van der Waals surface area contributed by atoms with Crippen LogP contribution >= 0.6 is 15.9 Å². The molecule has 0 radical (unpaired) electrons. The van der Waals surface area contributed by atoms with Gasteiger partial charge in [-0.2, -0.15) is 0 Å². The van der Waals surface area contributed by atoms with Gasteiger partial charge < -0.3 is 10.5 Å². The van der Waals surface area contributed by atoms with Crippen molar-refractivity contribution in [3.05, 3.63) is 52.1 Å². The van der Waals surface area contributed by atoms with Crippen molar-refractivity contribution in [1.29, 1.82) is 0 Å². The number of aryl methyl sites for hydroxylation is 1. The van der Waals surface area contributed by atoms with Crippen LogP contribution in [-0.4, -0.2) is 11.0 Å². The summed E-state index contributed by atoms with van der Waals surface area (Å²) < 4.78 is 6.66. The molecule has 0 spiro atoms. The molecule has 0 saturated carbocycles. The monoisotopic (exact) mass is 320 g/mol. The minimum atomic E-state index is 0.139. The van der Waals surface area contributed by atoms with E-state index >= 15 is 0 Å². The van der Waals surface area contributed by atoms with Crippen LogP contribution in [0.5, 0.6) is 11.6 Å². The fourth-order valence-electron chi connectivity index (χ4n) is 1.77. The Bertz CT molecular complexity index is 553. The Morgan fingerprint density at radius 2 is 2.11 bits per heavy atom. The van der Waals surface area contributed by atoms with Crippen LogP contribution in [0.4, 0.5) is 0 Å². The molecule has 1 unspecified atom stereocenters. The molecule has 0 aliphatic heterocycles. The number of nitrogens with zero attached hydrogens (tertiary/aromatic N) is 1. The number of ether oxygens (including phenoxy) is 1. The van der Waals surface area contributed by atoms with E-state index in [0.29, 0.717) is 5.88 Å². The Morgan fingerprint density at radius 3 is 2.68 bits per heavy atom. The zero-order valence-corrected chi connectivity index (χ0v) is 12.6. The Balaban J connectivity index is 2.10. The maximum atomic E-state index is 5.75. The lowest BCUT2D eigenvalue weighted by atomic mass is 10.1. The highest BCUT2D eigenvalue weighted by Gasteiger charge is 2.04. The minimum Gasteiger partial charge on any atom is -0.438 e. The number of aromatic nitrogens is 1. The number of benzene rings is 1. The van der Waals surface area contributed by atoms with Crippen molar-refractivity contribution < 1.29 is 4.74 Å². The van der Waals surface area contributed by atoms with E-state index < -0.39 is 0 Å². The van der Waals surface area contributed by atoms with Crippen LogP contribution < -0.4 is 10.5 Å². The summed E-state index contributed by atoms with van der Waals surface area (Å²) >= 11 is 3.48. The third kappa shape index (κ3) is 4.04. The van der Waals surface area contributed by atoms with E-state index in [1.54, 1.807) is 6.20 Å². The first kappa shape index (κ1) is 14.0. The summed E-state index contributed by atoms with van der Waals surface area (Å²) in [6, 6.07) is 9.94. The molecule has 19 heavy (non-hydrogen) atoms. The fourth-order valence-corrected chi connectivity index (χ4v) is 2.34. The molecule has 0 aliphatic rings. The first-order valence-electron chi connectivity index (χ1n) is 6.19. The predicted octanol–water partition coefficient (Wildman–Crippen LogP) is 3.83. The Hall–Kier alpha value is -1.39. The van der Waals surface area contributed by atoms with Gasteiger partial charge >= 0.3 is 0 Å². The quantitative estimate of drug-likeness (QED) is 0.931. The Labute approximate surface area is 121 Å². The van der Waals surface area contributed by atoms with Gasteiger partial charge in [0, 0.05) is 18.3 Å². The predicted molar refractivity (Wildman–Crippen MR) is 80.5 cm³/mol. The van der Waals surface area contributed by atoms with Crippen LogP contribution in [0, 0.1) is 6.92 Å². The lowest BCUT2D eigenvalue weighted by Gasteiger charge is -2.09. The molecular formula is C15H17BrN2O. The lowest BCUT2D eigenvalue weighted by Crippen LogP contribution is -2.17. The third-order valence-electron chi connectivity index (χ3n) is 2.66. The third-order valence-corrected chi connectivity index (χ3v) is 3.28. The molecule has 2 rings (SSSR count). The number of hydrogen-bond donors (Lipinski definition) is 1.